The summed E-state index contributed by atoms with van der Waals surface area (Å²) >= 11 is 5.27. The van der Waals surface area contributed by atoms with E-state index >= 15 is 0 Å². The standard InChI is InChI=1S/C12H13FN2S/c1-7-4-11-10(5-9(7)13)14-12(16)15(11)6-8-2-3-8/h4-5,8H,2-3,6H2,1H3,(H,14,16). The van der Waals surface area contributed by atoms with Gasteiger partial charge in [0.15, 0.2) is 4.77 Å². The maximum absolute atomic E-state index is 13.4. The lowest BCUT2D eigenvalue weighted by Gasteiger charge is -2.03. The first-order valence-electron chi connectivity index (χ1n) is 5.54. The van der Waals surface area contributed by atoms with Crippen molar-refractivity contribution in [2.24, 2.45) is 5.92 Å². The van der Waals surface area contributed by atoms with E-state index in [2.05, 4.69) is 9.55 Å². The number of imidazole rings is 1. The second-order valence-electron chi connectivity index (χ2n) is 4.60. The highest BCUT2D eigenvalue weighted by molar-refractivity contribution is 7.71. The van der Waals surface area contributed by atoms with Gasteiger partial charge in [0, 0.05) is 6.54 Å². The molecule has 0 amide bonds. The minimum Gasteiger partial charge on any atom is -0.330 e. The largest absolute Gasteiger partial charge is 0.330 e. The van der Waals surface area contributed by atoms with Crippen LogP contribution in [-0.2, 0) is 6.54 Å². The molecular formula is C12H13FN2S. The van der Waals surface area contributed by atoms with Crippen LogP contribution in [0, 0.1) is 23.4 Å². The zero-order chi connectivity index (χ0) is 11.3. The van der Waals surface area contributed by atoms with Crippen LogP contribution < -0.4 is 0 Å². The second kappa shape index (κ2) is 3.42. The second-order valence-corrected chi connectivity index (χ2v) is 4.99. The van der Waals surface area contributed by atoms with Gasteiger partial charge in [0.25, 0.3) is 0 Å². The monoisotopic (exact) mass is 236 g/mol. The van der Waals surface area contributed by atoms with Crippen LogP contribution in [0.3, 0.4) is 0 Å². The molecule has 0 bridgehead atoms. The molecule has 0 radical (unpaired) electrons. The Morgan fingerprint density at radius 3 is 2.94 bits per heavy atom. The SMILES string of the molecule is Cc1cc2c(cc1F)[nH]c(=S)n2CC1CC1. The molecule has 1 N–H and O–H groups in total. The Morgan fingerprint density at radius 2 is 2.25 bits per heavy atom. The zero-order valence-electron chi connectivity index (χ0n) is 9.09. The Labute approximate surface area is 98.1 Å². The smallest absolute Gasteiger partial charge is 0.178 e. The van der Waals surface area contributed by atoms with Crippen molar-refractivity contribution in [1.29, 1.82) is 0 Å². The summed E-state index contributed by atoms with van der Waals surface area (Å²) in [6.45, 7) is 2.75. The lowest BCUT2D eigenvalue weighted by molar-refractivity contribution is 0.618. The summed E-state index contributed by atoms with van der Waals surface area (Å²) in [6.07, 6.45) is 2.57. The summed E-state index contributed by atoms with van der Waals surface area (Å²) in [5.41, 5.74) is 2.50. The molecule has 0 aliphatic heterocycles. The number of rotatable bonds is 2. The highest BCUT2D eigenvalue weighted by Crippen LogP contribution is 2.32. The van der Waals surface area contributed by atoms with Crippen LogP contribution in [0.1, 0.15) is 18.4 Å². The quantitative estimate of drug-likeness (QED) is 0.791. The fourth-order valence-electron chi connectivity index (χ4n) is 2.02. The van der Waals surface area contributed by atoms with E-state index in [1.165, 1.54) is 18.9 Å². The molecule has 1 aliphatic carbocycles. The van der Waals surface area contributed by atoms with Crippen LogP contribution in [0.15, 0.2) is 12.1 Å². The van der Waals surface area contributed by atoms with Gasteiger partial charge in [-0.15, -0.1) is 0 Å². The van der Waals surface area contributed by atoms with Gasteiger partial charge >= 0.3 is 0 Å². The van der Waals surface area contributed by atoms with Crippen molar-refractivity contribution in [3.8, 4) is 0 Å². The number of halogens is 1. The highest BCUT2D eigenvalue weighted by Gasteiger charge is 2.23. The Balaban J connectivity index is 2.21. The third-order valence-electron chi connectivity index (χ3n) is 3.19. The van der Waals surface area contributed by atoms with E-state index in [1.807, 2.05) is 6.07 Å². The number of benzene rings is 1. The summed E-state index contributed by atoms with van der Waals surface area (Å²) in [5.74, 6) is 0.582. The fourth-order valence-corrected chi connectivity index (χ4v) is 2.30. The molecule has 0 atom stereocenters. The molecule has 2 aromatic rings. The molecule has 1 aromatic carbocycles. The molecule has 84 valence electrons. The van der Waals surface area contributed by atoms with E-state index in [9.17, 15) is 4.39 Å². The van der Waals surface area contributed by atoms with Gasteiger partial charge in [0.05, 0.1) is 11.0 Å². The van der Waals surface area contributed by atoms with E-state index in [0.717, 1.165) is 23.5 Å². The van der Waals surface area contributed by atoms with Crippen molar-refractivity contribution >= 4 is 23.3 Å². The number of aromatic nitrogens is 2. The number of aromatic amines is 1. The molecule has 1 aromatic heterocycles. The maximum atomic E-state index is 13.4. The molecule has 0 saturated heterocycles. The van der Waals surface area contributed by atoms with E-state index in [4.69, 9.17) is 12.2 Å². The van der Waals surface area contributed by atoms with E-state index < -0.39 is 0 Å². The molecule has 0 spiro atoms. The van der Waals surface area contributed by atoms with Gasteiger partial charge in [0.2, 0.25) is 0 Å². The number of nitrogens with zero attached hydrogens (tertiary/aromatic N) is 1. The number of hydrogen-bond donors (Lipinski definition) is 1. The first kappa shape index (κ1) is 10.0. The number of H-pyrrole nitrogens is 1. The average Bonchev–Trinajstić information content (AvgIpc) is 2.99. The van der Waals surface area contributed by atoms with Crippen LogP contribution in [0.2, 0.25) is 0 Å². The third-order valence-corrected chi connectivity index (χ3v) is 3.51. The van der Waals surface area contributed by atoms with Crippen molar-refractivity contribution in [2.75, 3.05) is 0 Å². The summed E-state index contributed by atoms with van der Waals surface area (Å²) < 4.78 is 16.2. The highest BCUT2D eigenvalue weighted by atomic mass is 32.1. The molecular weight excluding hydrogens is 223 g/mol. The Hall–Kier alpha value is -1.16. The van der Waals surface area contributed by atoms with Crippen LogP contribution in [0.4, 0.5) is 4.39 Å². The van der Waals surface area contributed by atoms with Gasteiger partial charge in [-0.1, -0.05) is 0 Å². The molecule has 1 aliphatic rings. The Kier molecular flexibility index (Phi) is 2.14. The van der Waals surface area contributed by atoms with E-state index in [-0.39, 0.29) is 5.82 Å². The third kappa shape index (κ3) is 1.57. The number of nitrogens with one attached hydrogen (secondary N) is 1. The van der Waals surface area contributed by atoms with Crippen LogP contribution in [0.5, 0.6) is 0 Å². The van der Waals surface area contributed by atoms with Crippen molar-refractivity contribution in [1.82, 2.24) is 9.55 Å². The first-order valence-corrected chi connectivity index (χ1v) is 5.94. The lowest BCUT2D eigenvalue weighted by Crippen LogP contribution is -1.99. The molecule has 4 heteroatoms. The van der Waals surface area contributed by atoms with Gasteiger partial charge in [-0.25, -0.2) is 4.39 Å². The van der Waals surface area contributed by atoms with Crippen molar-refractivity contribution in [3.63, 3.8) is 0 Å². The predicted octanol–water partition coefficient (Wildman–Crippen LogP) is 3.56. The zero-order valence-corrected chi connectivity index (χ0v) is 9.90. The molecule has 16 heavy (non-hydrogen) atoms. The number of fused-ring (bicyclic) bond motifs is 1. The number of aryl methyl sites for hydroxylation is 1. The van der Waals surface area contributed by atoms with Gasteiger partial charge in [-0.3, -0.25) is 0 Å². The maximum Gasteiger partial charge on any atom is 0.178 e. The summed E-state index contributed by atoms with van der Waals surface area (Å²) in [4.78, 5) is 3.07. The minimum atomic E-state index is -0.178. The summed E-state index contributed by atoms with van der Waals surface area (Å²) in [5, 5.41) is 0. The van der Waals surface area contributed by atoms with Gasteiger partial charge in [-0.05, 0) is 55.6 Å². The van der Waals surface area contributed by atoms with Crippen molar-refractivity contribution < 1.29 is 4.39 Å². The normalized spacial score (nSPS) is 15.9. The van der Waals surface area contributed by atoms with Crippen LogP contribution in [0.25, 0.3) is 11.0 Å². The Morgan fingerprint density at radius 1 is 1.50 bits per heavy atom. The molecule has 1 fully saturated rings. The predicted molar refractivity (Wildman–Crippen MR) is 64.5 cm³/mol. The van der Waals surface area contributed by atoms with Crippen molar-refractivity contribution in [3.05, 3.63) is 28.3 Å². The molecule has 3 rings (SSSR count). The first-order chi connectivity index (χ1) is 7.65. The number of hydrogen-bond acceptors (Lipinski definition) is 1. The van der Waals surface area contributed by atoms with Crippen LogP contribution in [-0.4, -0.2) is 9.55 Å². The average molecular weight is 236 g/mol. The molecule has 2 nitrogen and oxygen atoms in total. The minimum absolute atomic E-state index is 0.178. The topological polar surface area (TPSA) is 20.7 Å². The van der Waals surface area contributed by atoms with Crippen molar-refractivity contribution in [2.45, 2.75) is 26.3 Å². The van der Waals surface area contributed by atoms with E-state index in [0.29, 0.717) is 10.3 Å². The summed E-state index contributed by atoms with van der Waals surface area (Å²) in [6, 6.07) is 3.41. The molecule has 0 unspecified atom stereocenters. The Bertz CT molecular complexity index is 607. The summed E-state index contributed by atoms with van der Waals surface area (Å²) in [7, 11) is 0. The molecule has 1 saturated carbocycles. The van der Waals surface area contributed by atoms with E-state index in [1.54, 1.807) is 6.92 Å². The van der Waals surface area contributed by atoms with Crippen LogP contribution >= 0.6 is 12.2 Å². The fraction of sp³-hybridized carbons (Fsp3) is 0.417. The van der Waals surface area contributed by atoms with Gasteiger partial charge < -0.3 is 9.55 Å². The van der Waals surface area contributed by atoms with Gasteiger partial charge in [0.1, 0.15) is 5.82 Å². The van der Waals surface area contributed by atoms with Gasteiger partial charge in [-0.2, -0.15) is 0 Å². The molecule has 1 heterocycles. The lowest BCUT2D eigenvalue weighted by atomic mass is 10.2.